The van der Waals surface area contributed by atoms with Crippen molar-refractivity contribution in [3.05, 3.63) is 39.9 Å². The normalized spacial score (nSPS) is 13.3. The SMILES string of the molecule is CN(CC(=O)Nc1cccc(Cl)c1)CC(=O)Nc1nc2c(s1)CCCC2. The standard InChI is InChI=1S/C18H21ClN4O2S/c1-23(10-16(24)20-13-6-4-5-12(19)9-13)11-17(25)22-18-21-14-7-2-3-8-15(14)26-18/h4-6,9H,2-3,7-8,10-11H2,1H3,(H,20,24)(H,21,22,25). The molecular weight excluding hydrogens is 372 g/mol. The first-order valence-corrected chi connectivity index (χ1v) is 9.71. The van der Waals surface area contributed by atoms with Crippen molar-refractivity contribution in [2.45, 2.75) is 25.7 Å². The predicted molar refractivity (Wildman–Crippen MR) is 105 cm³/mol. The van der Waals surface area contributed by atoms with Crippen LogP contribution < -0.4 is 10.6 Å². The third kappa shape index (κ3) is 5.27. The van der Waals surface area contributed by atoms with Crippen LogP contribution in [0.15, 0.2) is 24.3 Å². The lowest BCUT2D eigenvalue weighted by molar-refractivity contribution is -0.119. The van der Waals surface area contributed by atoms with Crippen molar-refractivity contribution < 1.29 is 9.59 Å². The van der Waals surface area contributed by atoms with E-state index >= 15 is 0 Å². The number of benzene rings is 1. The highest BCUT2D eigenvalue weighted by Gasteiger charge is 2.17. The number of carbonyl (C=O) groups excluding carboxylic acids is 2. The Morgan fingerprint density at radius 1 is 1.19 bits per heavy atom. The zero-order chi connectivity index (χ0) is 18.5. The maximum Gasteiger partial charge on any atom is 0.240 e. The third-order valence-electron chi connectivity index (χ3n) is 4.03. The summed E-state index contributed by atoms with van der Waals surface area (Å²) >= 11 is 7.45. The molecule has 1 aromatic heterocycles. The summed E-state index contributed by atoms with van der Waals surface area (Å²) in [6.45, 7) is 0.224. The van der Waals surface area contributed by atoms with Crippen LogP contribution in [0.2, 0.25) is 5.02 Å². The van der Waals surface area contributed by atoms with Crippen molar-refractivity contribution in [3.8, 4) is 0 Å². The zero-order valence-corrected chi connectivity index (χ0v) is 16.1. The summed E-state index contributed by atoms with van der Waals surface area (Å²) in [5.41, 5.74) is 1.75. The van der Waals surface area contributed by atoms with E-state index in [9.17, 15) is 9.59 Å². The lowest BCUT2D eigenvalue weighted by Crippen LogP contribution is -2.36. The van der Waals surface area contributed by atoms with E-state index in [1.807, 2.05) is 0 Å². The molecule has 0 saturated heterocycles. The minimum absolute atomic E-state index is 0.105. The van der Waals surface area contributed by atoms with Gasteiger partial charge in [0.2, 0.25) is 11.8 Å². The molecule has 0 atom stereocenters. The van der Waals surface area contributed by atoms with Crippen molar-refractivity contribution >= 4 is 45.6 Å². The van der Waals surface area contributed by atoms with Gasteiger partial charge in [-0.05, 0) is 50.9 Å². The average molecular weight is 393 g/mol. The zero-order valence-electron chi connectivity index (χ0n) is 14.5. The van der Waals surface area contributed by atoms with Gasteiger partial charge in [0.25, 0.3) is 0 Å². The van der Waals surface area contributed by atoms with Gasteiger partial charge in [-0.25, -0.2) is 4.98 Å². The number of likely N-dealkylation sites (N-methyl/N-ethyl adjacent to an activating group) is 1. The fourth-order valence-corrected chi connectivity index (χ4v) is 4.13. The number of aryl methyl sites for hydroxylation is 2. The van der Waals surface area contributed by atoms with E-state index in [-0.39, 0.29) is 24.9 Å². The molecule has 26 heavy (non-hydrogen) atoms. The van der Waals surface area contributed by atoms with E-state index in [4.69, 9.17) is 11.6 Å². The summed E-state index contributed by atoms with van der Waals surface area (Å²) in [5, 5.41) is 6.81. The minimum atomic E-state index is -0.202. The molecule has 3 rings (SSSR count). The molecule has 2 N–H and O–H groups in total. The van der Waals surface area contributed by atoms with Gasteiger partial charge in [0.15, 0.2) is 5.13 Å². The molecule has 0 radical (unpaired) electrons. The molecule has 0 spiro atoms. The number of rotatable bonds is 6. The van der Waals surface area contributed by atoms with Crippen LogP contribution in [0.1, 0.15) is 23.4 Å². The van der Waals surface area contributed by atoms with E-state index in [2.05, 4.69) is 15.6 Å². The summed E-state index contributed by atoms with van der Waals surface area (Å²) in [7, 11) is 1.73. The highest BCUT2D eigenvalue weighted by molar-refractivity contribution is 7.15. The fourth-order valence-electron chi connectivity index (χ4n) is 2.88. The Morgan fingerprint density at radius 2 is 1.92 bits per heavy atom. The first-order valence-electron chi connectivity index (χ1n) is 8.52. The smallest absolute Gasteiger partial charge is 0.240 e. The summed E-state index contributed by atoms with van der Waals surface area (Å²) in [4.78, 5) is 31.7. The van der Waals surface area contributed by atoms with Crippen molar-refractivity contribution in [3.63, 3.8) is 0 Å². The number of halogens is 1. The van der Waals surface area contributed by atoms with Crippen LogP contribution in [-0.2, 0) is 22.4 Å². The van der Waals surface area contributed by atoms with Gasteiger partial charge in [-0.3, -0.25) is 14.5 Å². The monoisotopic (exact) mass is 392 g/mol. The van der Waals surface area contributed by atoms with E-state index in [1.54, 1.807) is 47.5 Å². The second-order valence-corrected chi connectivity index (χ2v) is 7.90. The first kappa shape index (κ1) is 18.8. The Labute approximate surface area is 161 Å². The van der Waals surface area contributed by atoms with Gasteiger partial charge in [0.05, 0.1) is 18.8 Å². The summed E-state index contributed by atoms with van der Waals surface area (Å²) in [6, 6.07) is 6.95. The Morgan fingerprint density at radius 3 is 2.65 bits per heavy atom. The largest absolute Gasteiger partial charge is 0.325 e. The van der Waals surface area contributed by atoms with Gasteiger partial charge in [0, 0.05) is 15.6 Å². The average Bonchev–Trinajstić information content (AvgIpc) is 2.96. The van der Waals surface area contributed by atoms with Crippen LogP contribution >= 0.6 is 22.9 Å². The molecule has 1 aromatic carbocycles. The molecule has 138 valence electrons. The molecular formula is C18H21ClN4O2S. The molecule has 0 saturated carbocycles. The van der Waals surface area contributed by atoms with E-state index in [1.165, 1.54) is 11.3 Å². The molecule has 1 aliphatic carbocycles. The number of fused-ring (bicyclic) bond motifs is 1. The fraction of sp³-hybridized carbons (Fsp3) is 0.389. The van der Waals surface area contributed by atoms with E-state index < -0.39 is 0 Å². The van der Waals surface area contributed by atoms with Crippen LogP contribution in [0, 0.1) is 0 Å². The quantitative estimate of drug-likeness (QED) is 0.791. The molecule has 0 aliphatic heterocycles. The van der Waals surface area contributed by atoms with Gasteiger partial charge in [-0.2, -0.15) is 0 Å². The highest BCUT2D eigenvalue weighted by Crippen LogP contribution is 2.29. The Bertz CT molecular complexity index is 785. The number of aromatic nitrogens is 1. The number of thiazole rings is 1. The molecule has 0 fully saturated rings. The number of anilines is 2. The van der Waals surface area contributed by atoms with Gasteiger partial charge < -0.3 is 10.6 Å². The maximum atomic E-state index is 12.2. The van der Waals surface area contributed by atoms with Crippen LogP contribution in [0.5, 0.6) is 0 Å². The second kappa shape index (κ2) is 8.62. The number of amides is 2. The summed E-state index contributed by atoms with van der Waals surface area (Å²) in [6.07, 6.45) is 4.39. The minimum Gasteiger partial charge on any atom is -0.325 e. The molecule has 1 heterocycles. The number of hydrogen-bond acceptors (Lipinski definition) is 5. The Balaban J connectivity index is 1.46. The van der Waals surface area contributed by atoms with Crippen molar-refractivity contribution in [1.29, 1.82) is 0 Å². The molecule has 1 aliphatic rings. The maximum absolute atomic E-state index is 12.2. The van der Waals surface area contributed by atoms with Crippen molar-refractivity contribution in [2.75, 3.05) is 30.8 Å². The van der Waals surface area contributed by atoms with Crippen LogP contribution in [0.25, 0.3) is 0 Å². The molecule has 6 nitrogen and oxygen atoms in total. The number of hydrogen-bond donors (Lipinski definition) is 2. The molecule has 2 amide bonds. The molecule has 8 heteroatoms. The number of carbonyl (C=O) groups is 2. The van der Waals surface area contributed by atoms with E-state index in [0.717, 1.165) is 25.0 Å². The first-order chi connectivity index (χ1) is 12.5. The topological polar surface area (TPSA) is 74.3 Å². The van der Waals surface area contributed by atoms with Gasteiger partial charge in [-0.1, -0.05) is 17.7 Å². The van der Waals surface area contributed by atoms with Crippen LogP contribution in [0.3, 0.4) is 0 Å². The highest BCUT2D eigenvalue weighted by atomic mass is 35.5. The van der Waals surface area contributed by atoms with Crippen molar-refractivity contribution in [1.82, 2.24) is 9.88 Å². The lowest BCUT2D eigenvalue weighted by Gasteiger charge is -2.15. The van der Waals surface area contributed by atoms with E-state index in [0.29, 0.717) is 15.8 Å². The van der Waals surface area contributed by atoms with Gasteiger partial charge >= 0.3 is 0 Å². The van der Waals surface area contributed by atoms with Crippen molar-refractivity contribution in [2.24, 2.45) is 0 Å². The molecule has 0 bridgehead atoms. The summed E-state index contributed by atoms with van der Waals surface area (Å²) < 4.78 is 0. The lowest BCUT2D eigenvalue weighted by atomic mass is 10.0. The molecule has 2 aromatic rings. The number of nitrogens with zero attached hydrogens (tertiary/aromatic N) is 2. The predicted octanol–water partition coefficient (Wildman–Crippen LogP) is 3.18. The van der Waals surface area contributed by atoms with Crippen LogP contribution in [0.4, 0.5) is 10.8 Å². The Kier molecular flexibility index (Phi) is 6.24. The van der Waals surface area contributed by atoms with Gasteiger partial charge in [-0.15, -0.1) is 11.3 Å². The number of nitrogens with one attached hydrogen (secondary N) is 2. The third-order valence-corrected chi connectivity index (χ3v) is 5.34. The second-order valence-electron chi connectivity index (χ2n) is 6.37. The molecule has 0 unspecified atom stereocenters. The van der Waals surface area contributed by atoms with Crippen LogP contribution in [-0.4, -0.2) is 41.8 Å². The van der Waals surface area contributed by atoms with Gasteiger partial charge in [0.1, 0.15) is 0 Å². The Hall–Kier alpha value is -1.96. The summed E-state index contributed by atoms with van der Waals surface area (Å²) in [5.74, 6) is -0.374.